The smallest absolute Gasteiger partial charge is 0.211 e. The maximum atomic E-state index is 11.7. The summed E-state index contributed by atoms with van der Waals surface area (Å²) in [4.78, 5) is 2.20. The van der Waals surface area contributed by atoms with Crippen molar-refractivity contribution in [1.82, 2.24) is 14.9 Å². The van der Waals surface area contributed by atoms with E-state index in [1.54, 1.807) is 0 Å². The zero-order chi connectivity index (χ0) is 13.9. The second-order valence-corrected chi connectivity index (χ2v) is 6.27. The fourth-order valence-electron chi connectivity index (χ4n) is 1.66. The van der Waals surface area contributed by atoms with Crippen molar-refractivity contribution in [3.8, 4) is 0 Å². The third kappa shape index (κ3) is 9.82. The van der Waals surface area contributed by atoms with Crippen LogP contribution in [0.15, 0.2) is 0 Å². The summed E-state index contributed by atoms with van der Waals surface area (Å²) >= 11 is 0. The lowest BCUT2D eigenvalue weighted by atomic mass is 10.4. The number of likely N-dealkylation sites (N-methyl/N-ethyl adjacent to an activating group) is 1. The molecule has 0 aliphatic carbocycles. The lowest BCUT2D eigenvalue weighted by Gasteiger charge is -2.17. The molecule has 0 spiro atoms. The van der Waals surface area contributed by atoms with Crippen LogP contribution in [0.2, 0.25) is 0 Å². The molecule has 110 valence electrons. The van der Waals surface area contributed by atoms with Gasteiger partial charge < -0.3 is 10.2 Å². The second-order valence-electron chi connectivity index (χ2n) is 4.34. The average molecular weight is 279 g/mol. The predicted octanol–water partition coefficient (Wildman–Crippen LogP) is 0.637. The second kappa shape index (κ2) is 10.7. The van der Waals surface area contributed by atoms with E-state index in [1.807, 2.05) is 0 Å². The molecular weight excluding hydrogens is 250 g/mol. The topological polar surface area (TPSA) is 61.4 Å². The molecule has 0 unspecified atom stereocenters. The highest BCUT2D eigenvalue weighted by Crippen LogP contribution is 1.90. The van der Waals surface area contributed by atoms with E-state index in [2.05, 4.69) is 35.7 Å². The molecule has 0 aliphatic heterocycles. The van der Waals surface area contributed by atoms with Gasteiger partial charge in [0.15, 0.2) is 0 Å². The first-order valence-corrected chi connectivity index (χ1v) is 8.61. The van der Waals surface area contributed by atoms with Crippen LogP contribution in [-0.4, -0.2) is 58.3 Å². The van der Waals surface area contributed by atoms with Crippen LogP contribution in [-0.2, 0) is 10.0 Å². The Morgan fingerprint density at radius 2 is 1.67 bits per heavy atom. The van der Waals surface area contributed by atoms with Crippen LogP contribution in [0.1, 0.15) is 33.6 Å². The molecule has 0 aromatic heterocycles. The Labute approximate surface area is 112 Å². The average Bonchev–Trinajstić information content (AvgIpc) is 2.34. The number of hydrogen-bond donors (Lipinski definition) is 2. The summed E-state index contributed by atoms with van der Waals surface area (Å²) in [6.07, 6.45) is 1.75. The van der Waals surface area contributed by atoms with Crippen LogP contribution in [0.4, 0.5) is 0 Å². The van der Waals surface area contributed by atoms with Gasteiger partial charge >= 0.3 is 0 Å². The summed E-state index contributed by atoms with van der Waals surface area (Å²) in [7, 11) is -3.10. The lowest BCUT2D eigenvalue weighted by Crippen LogP contribution is -2.36. The molecule has 0 saturated carbocycles. The Bertz CT molecular complexity index is 277. The van der Waals surface area contributed by atoms with Gasteiger partial charge in [-0.15, -0.1) is 0 Å². The molecule has 0 bridgehead atoms. The van der Waals surface area contributed by atoms with Gasteiger partial charge in [0.05, 0.1) is 5.75 Å². The van der Waals surface area contributed by atoms with E-state index in [0.29, 0.717) is 13.0 Å². The minimum absolute atomic E-state index is 0.210. The van der Waals surface area contributed by atoms with Gasteiger partial charge in [-0.1, -0.05) is 20.8 Å². The molecule has 18 heavy (non-hydrogen) atoms. The Kier molecular flexibility index (Phi) is 10.6. The number of nitrogens with zero attached hydrogens (tertiary/aromatic N) is 1. The molecule has 6 heteroatoms. The number of rotatable bonds is 12. The largest absolute Gasteiger partial charge is 0.317 e. The van der Waals surface area contributed by atoms with Crippen LogP contribution < -0.4 is 10.0 Å². The first kappa shape index (κ1) is 17.8. The quantitative estimate of drug-likeness (QED) is 0.515. The summed E-state index contributed by atoms with van der Waals surface area (Å²) < 4.78 is 26.0. The maximum Gasteiger partial charge on any atom is 0.211 e. The highest BCUT2D eigenvalue weighted by molar-refractivity contribution is 7.89. The molecule has 5 nitrogen and oxygen atoms in total. The van der Waals surface area contributed by atoms with E-state index < -0.39 is 10.0 Å². The Morgan fingerprint density at radius 3 is 2.22 bits per heavy atom. The highest BCUT2D eigenvalue weighted by atomic mass is 32.2. The van der Waals surface area contributed by atoms with Gasteiger partial charge in [-0.25, -0.2) is 13.1 Å². The van der Waals surface area contributed by atoms with E-state index in [1.165, 1.54) is 0 Å². The molecular formula is C12H29N3O2S. The van der Waals surface area contributed by atoms with Gasteiger partial charge in [-0.05, 0) is 39.0 Å². The monoisotopic (exact) mass is 279 g/mol. The first-order chi connectivity index (χ1) is 8.55. The fraction of sp³-hybridized carbons (Fsp3) is 1.00. The first-order valence-electron chi connectivity index (χ1n) is 6.96. The zero-order valence-corrected chi connectivity index (χ0v) is 12.9. The minimum Gasteiger partial charge on any atom is -0.317 e. The molecule has 0 fully saturated rings. The van der Waals surface area contributed by atoms with Crippen molar-refractivity contribution < 1.29 is 8.42 Å². The summed E-state index contributed by atoms with van der Waals surface area (Å²) in [5.41, 5.74) is 0. The highest BCUT2D eigenvalue weighted by Gasteiger charge is 2.09. The Hall–Kier alpha value is -0.170. The van der Waals surface area contributed by atoms with Crippen molar-refractivity contribution in [2.45, 2.75) is 33.6 Å². The summed E-state index contributed by atoms with van der Waals surface area (Å²) in [6, 6.07) is 0. The van der Waals surface area contributed by atoms with Crippen molar-refractivity contribution in [2.24, 2.45) is 0 Å². The lowest BCUT2D eigenvalue weighted by molar-refractivity contribution is 0.309. The number of sulfonamides is 1. The van der Waals surface area contributed by atoms with Gasteiger partial charge in [-0.2, -0.15) is 0 Å². The molecule has 0 heterocycles. The van der Waals surface area contributed by atoms with Crippen molar-refractivity contribution >= 4 is 10.0 Å². The van der Waals surface area contributed by atoms with Crippen LogP contribution in [0, 0.1) is 0 Å². The van der Waals surface area contributed by atoms with E-state index in [4.69, 9.17) is 0 Å². The van der Waals surface area contributed by atoms with Gasteiger partial charge in [0.1, 0.15) is 0 Å². The van der Waals surface area contributed by atoms with Crippen LogP contribution in [0.25, 0.3) is 0 Å². The van der Waals surface area contributed by atoms with Crippen LogP contribution >= 0.6 is 0 Å². The molecule has 0 amide bonds. The Morgan fingerprint density at radius 1 is 1.00 bits per heavy atom. The van der Waals surface area contributed by atoms with Crippen molar-refractivity contribution in [2.75, 3.05) is 45.0 Å². The Balaban J connectivity index is 3.67. The zero-order valence-electron chi connectivity index (χ0n) is 12.0. The van der Waals surface area contributed by atoms with E-state index in [-0.39, 0.29) is 5.75 Å². The SMILES string of the molecule is CCCNCCCS(=O)(=O)NCCN(CC)CC. The summed E-state index contributed by atoms with van der Waals surface area (Å²) in [5.74, 6) is 0.210. The summed E-state index contributed by atoms with van der Waals surface area (Å²) in [6.45, 7) is 11.2. The molecule has 0 rings (SSSR count). The van der Waals surface area contributed by atoms with Crippen molar-refractivity contribution in [3.05, 3.63) is 0 Å². The molecule has 0 aliphatic rings. The standard InChI is InChI=1S/C12H29N3O2S/c1-4-8-13-9-7-12-18(16,17)14-10-11-15(5-2)6-3/h13-14H,4-12H2,1-3H3. The van der Waals surface area contributed by atoms with Crippen molar-refractivity contribution in [3.63, 3.8) is 0 Å². The van der Waals surface area contributed by atoms with E-state index >= 15 is 0 Å². The van der Waals surface area contributed by atoms with Gasteiger partial charge in [0.25, 0.3) is 0 Å². The van der Waals surface area contributed by atoms with Gasteiger partial charge in [0.2, 0.25) is 10.0 Å². The number of nitrogens with one attached hydrogen (secondary N) is 2. The third-order valence-electron chi connectivity index (χ3n) is 2.84. The van der Waals surface area contributed by atoms with Gasteiger partial charge in [-0.3, -0.25) is 0 Å². The van der Waals surface area contributed by atoms with E-state index in [0.717, 1.165) is 39.1 Å². The molecule has 0 aromatic rings. The molecule has 0 radical (unpaired) electrons. The molecule has 2 N–H and O–H groups in total. The minimum atomic E-state index is -3.10. The number of hydrogen-bond acceptors (Lipinski definition) is 4. The molecule has 0 aromatic carbocycles. The third-order valence-corrected chi connectivity index (χ3v) is 4.31. The molecule has 0 atom stereocenters. The maximum absolute atomic E-state index is 11.7. The van der Waals surface area contributed by atoms with Crippen LogP contribution in [0.5, 0.6) is 0 Å². The summed E-state index contributed by atoms with van der Waals surface area (Å²) in [5, 5.41) is 3.20. The molecule has 0 saturated heterocycles. The van der Waals surface area contributed by atoms with Gasteiger partial charge in [0, 0.05) is 13.1 Å². The fourth-order valence-corrected chi connectivity index (χ4v) is 2.73. The van der Waals surface area contributed by atoms with Crippen molar-refractivity contribution in [1.29, 1.82) is 0 Å². The predicted molar refractivity (Wildman–Crippen MR) is 77.4 cm³/mol. The van der Waals surface area contributed by atoms with Crippen LogP contribution in [0.3, 0.4) is 0 Å². The van der Waals surface area contributed by atoms with E-state index in [9.17, 15) is 8.42 Å². The normalized spacial score (nSPS) is 12.2.